The Kier molecular flexibility index (Phi) is 5.84. The van der Waals surface area contributed by atoms with Crippen LogP contribution in [-0.2, 0) is 9.59 Å². The molecule has 0 radical (unpaired) electrons. The van der Waals surface area contributed by atoms with Crippen molar-refractivity contribution in [3.05, 3.63) is 29.8 Å². The minimum Gasteiger partial charge on any atom is -0.454 e. The van der Waals surface area contributed by atoms with Gasteiger partial charge in [0.2, 0.25) is 18.6 Å². The van der Waals surface area contributed by atoms with Crippen molar-refractivity contribution < 1.29 is 19.1 Å². The molecule has 0 bridgehead atoms. The van der Waals surface area contributed by atoms with Crippen molar-refractivity contribution in [2.45, 2.75) is 51.0 Å². The van der Waals surface area contributed by atoms with Crippen molar-refractivity contribution in [3.8, 4) is 11.5 Å². The number of nitrogens with one attached hydrogen (secondary N) is 1. The number of ether oxygens (including phenoxy) is 2. The van der Waals surface area contributed by atoms with Crippen molar-refractivity contribution in [1.82, 2.24) is 10.2 Å². The van der Waals surface area contributed by atoms with Crippen LogP contribution in [0.2, 0.25) is 0 Å². The molecule has 2 heterocycles. The number of benzene rings is 1. The summed E-state index contributed by atoms with van der Waals surface area (Å²) in [4.78, 5) is 27.0. The molecule has 28 heavy (non-hydrogen) atoms. The Morgan fingerprint density at radius 2 is 1.86 bits per heavy atom. The molecular weight excluding hydrogens is 356 g/mol. The number of likely N-dealkylation sites (tertiary alicyclic amines) is 1. The number of hydrogen-bond acceptors (Lipinski definition) is 4. The summed E-state index contributed by atoms with van der Waals surface area (Å²) in [5.41, 5.74) is 0.890. The standard InChI is InChI=1S/C22H28N2O4/c25-21(11-9-16-8-10-19-20(13-16)28-15-27-19)24-12-4-5-17(14-24)22(26)23-18-6-2-1-3-7-18/h8-11,13,17-18H,1-7,12,14-15H2,(H,23,26)/b11-9+. The summed E-state index contributed by atoms with van der Waals surface area (Å²) >= 11 is 0. The normalized spacial score (nSPS) is 22.4. The lowest BCUT2D eigenvalue weighted by atomic mass is 9.93. The smallest absolute Gasteiger partial charge is 0.246 e. The van der Waals surface area contributed by atoms with Crippen LogP contribution in [0.3, 0.4) is 0 Å². The van der Waals surface area contributed by atoms with E-state index in [2.05, 4.69) is 5.32 Å². The Labute approximate surface area is 165 Å². The van der Waals surface area contributed by atoms with Gasteiger partial charge in [0, 0.05) is 25.2 Å². The molecule has 1 atom stereocenters. The summed E-state index contributed by atoms with van der Waals surface area (Å²) in [5.74, 6) is 1.40. The number of carbonyl (C=O) groups is 2. The van der Waals surface area contributed by atoms with E-state index in [4.69, 9.17) is 9.47 Å². The SMILES string of the molecule is O=C(NC1CCCCC1)C1CCCN(C(=O)/C=C/c2ccc3c(c2)OCO3)C1. The van der Waals surface area contributed by atoms with Crippen molar-refractivity contribution in [1.29, 1.82) is 0 Å². The third kappa shape index (κ3) is 4.49. The zero-order chi connectivity index (χ0) is 19.3. The van der Waals surface area contributed by atoms with E-state index in [1.807, 2.05) is 18.2 Å². The predicted molar refractivity (Wildman–Crippen MR) is 106 cm³/mol. The van der Waals surface area contributed by atoms with Crippen LogP contribution in [-0.4, -0.2) is 42.6 Å². The summed E-state index contributed by atoms with van der Waals surface area (Å²) in [6, 6.07) is 5.92. The van der Waals surface area contributed by atoms with Gasteiger partial charge in [0.05, 0.1) is 5.92 Å². The van der Waals surface area contributed by atoms with Crippen LogP contribution in [0.1, 0.15) is 50.5 Å². The summed E-state index contributed by atoms with van der Waals surface area (Å²) in [7, 11) is 0. The first-order valence-corrected chi connectivity index (χ1v) is 10.4. The minimum atomic E-state index is -0.0985. The third-order valence-electron chi connectivity index (χ3n) is 5.87. The lowest BCUT2D eigenvalue weighted by Crippen LogP contribution is -2.47. The first-order chi connectivity index (χ1) is 13.7. The number of rotatable bonds is 4. The first kappa shape index (κ1) is 18.8. The monoisotopic (exact) mass is 384 g/mol. The van der Waals surface area contributed by atoms with Gasteiger partial charge >= 0.3 is 0 Å². The Balaban J connectivity index is 1.32. The Hall–Kier alpha value is -2.50. The van der Waals surface area contributed by atoms with Gasteiger partial charge in [0.1, 0.15) is 0 Å². The predicted octanol–water partition coefficient (Wildman–Crippen LogP) is 3.12. The molecule has 150 valence electrons. The van der Waals surface area contributed by atoms with Gasteiger partial charge in [-0.05, 0) is 49.5 Å². The molecule has 6 heteroatoms. The Bertz CT molecular complexity index is 755. The number of hydrogen-bond donors (Lipinski definition) is 1. The molecule has 1 aromatic rings. The van der Waals surface area contributed by atoms with Gasteiger partial charge in [0.15, 0.2) is 11.5 Å². The molecule has 2 aliphatic heterocycles. The first-order valence-electron chi connectivity index (χ1n) is 10.4. The highest BCUT2D eigenvalue weighted by Gasteiger charge is 2.29. The maximum atomic E-state index is 12.6. The van der Waals surface area contributed by atoms with Crippen LogP contribution in [0, 0.1) is 5.92 Å². The second kappa shape index (κ2) is 8.67. The van der Waals surface area contributed by atoms with E-state index in [-0.39, 0.29) is 24.5 Å². The van der Waals surface area contributed by atoms with Gasteiger partial charge in [-0.3, -0.25) is 9.59 Å². The van der Waals surface area contributed by atoms with Gasteiger partial charge in [-0.1, -0.05) is 25.3 Å². The van der Waals surface area contributed by atoms with Gasteiger partial charge in [-0.25, -0.2) is 0 Å². The zero-order valence-corrected chi connectivity index (χ0v) is 16.2. The highest BCUT2D eigenvalue weighted by atomic mass is 16.7. The molecule has 1 aromatic carbocycles. The molecule has 1 unspecified atom stereocenters. The van der Waals surface area contributed by atoms with Crippen molar-refractivity contribution >= 4 is 17.9 Å². The Morgan fingerprint density at radius 3 is 2.71 bits per heavy atom. The van der Waals surface area contributed by atoms with E-state index in [0.29, 0.717) is 24.9 Å². The molecule has 4 rings (SSSR count). The second-order valence-electron chi connectivity index (χ2n) is 7.91. The summed E-state index contributed by atoms with van der Waals surface area (Å²) < 4.78 is 10.7. The molecule has 0 aromatic heterocycles. The molecular formula is C22H28N2O4. The lowest BCUT2D eigenvalue weighted by Gasteiger charge is -2.33. The molecule has 1 aliphatic carbocycles. The van der Waals surface area contributed by atoms with Crippen LogP contribution >= 0.6 is 0 Å². The van der Waals surface area contributed by atoms with Crippen LogP contribution < -0.4 is 14.8 Å². The largest absolute Gasteiger partial charge is 0.454 e. The van der Waals surface area contributed by atoms with Gasteiger partial charge in [-0.2, -0.15) is 0 Å². The Morgan fingerprint density at radius 1 is 1.04 bits per heavy atom. The molecule has 2 fully saturated rings. The fourth-order valence-corrected chi connectivity index (χ4v) is 4.25. The highest BCUT2D eigenvalue weighted by molar-refractivity contribution is 5.92. The maximum absolute atomic E-state index is 12.6. The van der Waals surface area contributed by atoms with E-state index in [1.54, 1.807) is 17.1 Å². The van der Waals surface area contributed by atoms with Crippen molar-refractivity contribution in [3.63, 3.8) is 0 Å². The summed E-state index contributed by atoms with van der Waals surface area (Å²) in [6.45, 7) is 1.44. The molecule has 1 saturated heterocycles. The van der Waals surface area contributed by atoms with Crippen LogP contribution in [0.4, 0.5) is 0 Å². The second-order valence-corrected chi connectivity index (χ2v) is 7.91. The van der Waals surface area contributed by atoms with E-state index >= 15 is 0 Å². The number of carbonyl (C=O) groups excluding carboxylic acids is 2. The maximum Gasteiger partial charge on any atom is 0.246 e. The van der Waals surface area contributed by atoms with E-state index in [1.165, 1.54) is 19.3 Å². The average molecular weight is 384 g/mol. The van der Waals surface area contributed by atoms with Crippen LogP contribution in [0.5, 0.6) is 11.5 Å². The molecule has 6 nitrogen and oxygen atoms in total. The number of nitrogens with zero attached hydrogens (tertiary/aromatic N) is 1. The fourth-order valence-electron chi connectivity index (χ4n) is 4.25. The van der Waals surface area contributed by atoms with E-state index in [9.17, 15) is 9.59 Å². The highest BCUT2D eigenvalue weighted by Crippen LogP contribution is 2.32. The van der Waals surface area contributed by atoms with Gasteiger partial charge < -0.3 is 19.7 Å². The van der Waals surface area contributed by atoms with E-state index < -0.39 is 0 Å². The van der Waals surface area contributed by atoms with Gasteiger partial charge in [-0.15, -0.1) is 0 Å². The number of piperidine rings is 1. The zero-order valence-electron chi connectivity index (χ0n) is 16.2. The quantitative estimate of drug-likeness (QED) is 0.810. The lowest BCUT2D eigenvalue weighted by molar-refractivity contribution is -0.132. The molecule has 3 aliphatic rings. The summed E-state index contributed by atoms with van der Waals surface area (Å²) in [6.07, 6.45) is 10.9. The molecule has 2 amide bonds. The number of amides is 2. The van der Waals surface area contributed by atoms with E-state index in [0.717, 1.165) is 37.0 Å². The molecule has 0 spiro atoms. The van der Waals surface area contributed by atoms with Crippen molar-refractivity contribution in [2.75, 3.05) is 19.9 Å². The van der Waals surface area contributed by atoms with Gasteiger partial charge in [0.25, 0.3) is 0 Å². The summed E-state index contributed by atoms with van der Waals surface area (Å²) in [5, 5.41) is 3.21. The molecule has 1 saturated carbocycles. The topological polar surface area (TPSA) is 67.9 Å². The van der Waals surface area contributed by atoms with Crippen LogP contribution in [0.15, 0.2) is 24.3 Å². The minimum absolute atomic E-state index is 0.0483. The molecule has 1 N–H and O–H groups in total. The number of fused-ring (bicyclic) bond motifs is 1. The van der Waals surface area contributed by atoms with Crippen molar-refractivity contribution in [2.24, 2.45) is 5.92 Å². The third-order valence-corrected chi connectivity index (χ3v) is 5.87. The average Bonchev–Trinajstić information content (AvgIpc) is 3.20. The fraction of sp³-hybridized carbons (Fsp3) is 0.545. The van der Waals surface area contributed by atoms with Crippen LogP contribution in [0.25, 0.3) is 6.08 Å².